The molecule has 0 radical (unpaired) electrons. The fourth-order valence-corrected chi connectivity index (χ4v) is 8.82. The zero-order chi connectivity index (χ0) is 35.8. The van der Waals surface area contributed by atoms with E-state index in [1.165, 1.54) is 60.7 Å². The van der Waals surface area contributed by atoms with Gasteiger partial charge in [-0.05, 0) is 84.5 Å². The smallest absolute Gasteiger partial charge is 0.271 e. The Morgan fingerprint density at radius 2 is 1.59 bits per heavy atom. The molecule has 6 atom stereocenters. The molecule has 3 fully saturated rings. The number of benzene rings is 4. The number of hydrogen-bond donors (Lipinski definition) is 2. The lowest BCUT2D eigenvalue weighted by Gasteiger charge is -2.50. The molecule has 2 saturated heterocycles. The van der Waals surface area contributed by atoms with Crippen molar-refractivity contribution < 1.29 is 33.6 Å². The summed E-state index contributed by atoms with van der Waals surface area (Å²) in [6.07, 6.45) is 2.06. The number of nitro benzene ring substituents is 1. The summed E-state index contributed by atoms with van der Waals surface area (Å²) in [5, 5.41) is 23.2. The third-order valence-corrected chi connectivity index (χ3v) is 11.0. The van der Waals surface area contributed by atoms with Gasteiger partial charge in [0.05, 0.1) is 39.5 Å². The summed E-state index contributed by atoms with van der Waals surface area (Å²) in [5.74, 6) is -6.96. The normalized spacial score (nSPS) is 26.8. The molecule has 0 aromatic heterocycles. The molecule has 2 N–H and O–H groups in total. The number of nitrogens with zero attached hydrogens (tertiary/aromatic N) is 3. The molecule has 13 heteroatoms. The Morgan fingerprint density at radius 1 is 0.882 bits per heavy atom. The van der Waals surface area contributed by atoms with Gasteiger partial charge in [-0.25, -0.2) is 9.29 Å². The predicted molar refractivity (Wildman–Crippen MR) is 183 cm³/mol. The molecule has 2 aliphatic heterocycles. The number of allylic oxidation sites excluding steroid dienone is 2. The average Bonchev–Trinajstić information content (AvgIpc) is 3.50. The Hall–Kier alpha value is -5.88. The molecule has 4 aromatic rings. The van der Waals surface area contributed by atoms with Crippen LogP contribution < -0.4 is 10.3 Å². The van der Waals surface area contributed by atoms with Crippen LogP contribution in [0.3, 0.4) is 0 Å². The van der Waals surface area contributed by atoms with Crippen molar-refractivity contribution in [2.24, 2.45) is 23.7 Å². The number of halogens is 2. The monoisotopic (exact) mass is 706 g/mol. The van der Waals surface area contributed by atoms with Gasteiger partial charge in [-0.2, -0.15) is 5.01 Å². The van der Waals surface area contributed by atoms with Gasteiger partial charge in [0.2, 0.25) is 11.8 Å². The van der Waals surface area contributed by atoms with Crippen LogP contribution >= 0.6 is 11.6 Å². The number of aromatic hydroxyl groups is 1. The molecule has 2 aliphatic carbocycles. The number of hydrogen-bond acceptors (Lipinski definition) is 8. The van der Waals surface area contributed by atoms with Gasteiger partial charge < -0.3 is 5.11 Å². The SMILES string of the molecule is O=C1[C@@H]2C[C@@H]3C(=CC[C@@H]4C(=O)N(c5cccc([N+](=O)[O-])c5)C(=O)[C@@H]43)[C@H](c3ccc(O)cc3)[C@]2(c2ccc(Cl)cc2)C(=O)N1Nc1ccc(F)cc1. The van der Waals surface area contributed by atoms with Gasteiger partial charge >= 0.3 is 0 Å². The van der Waals surface area contributed by atoms with Crippen molar-refractivity contribution in [2.45, 2.75) is 24.2 Å². The lowest BCUT2D eigenvalue weighted by Crippen LogP contribution is -2.53. The van der Waals surface area contributed by atoms with E-state index in [1.807, 2.05) is 6.08 Å². The third-order valence-electron chi connectivity index (χ3n) is 10.8. The van der Waals surface area contributed by atoms with Crippen molar-refractivity contribution in [1.82, 2.24) is 5.01 Å². The third kappa shape index (κ3) is 4.84. The average molecular weight is 707 g/mol. The molecule has 0 bridgehead atoms. The van der Waals surface area contributed by atoms with E-state index in [1.54, 1.807) is 36.4 Å². The van der Waals surface area contributed by atoms with E-state index in [0.717, 1.165) is 9.91 Å². The van der Waals surface area contributed by atoms with Crippen LogP contribution in [0, 0.1) is 39.6 Å². The number of imide groups is 2. The van der Waals surface area contributed by atoms with E-state index < -0.39 is 69.4 Å². The van der Waals surface area contributed by atoms with E-state index in [4.69, 9.17) is 11.6 Å². The summed E-state index contributed by atoms with van der Waals surface area (Å²) < 4.78 is 13.8. The maximum atomic E-state index is 15.1. The number of phenolic OH excluding ortho intramolecular Hbond substituents is 1. The molecule has 4 amide bonds. The molecule has 4 aliphatic rings. The number of carbonyl (C=O) groups is 4. The fourth-order valence-electron chi connectivity index (χ4n) is 8.70. The number of nitrogens with one attached hydrogen (secondary N) is 1. The Kier molecular flexibility index (Phi) is 7.53. The molecule has 51 heavy (non-hydrogen) atoms. The highest BCUT2D eigenvalue weighted by Gasteiger charge is 2.70. The zero-order valence-electron chi connectivity index (χ0n) is 26.6. The number of non-ortho nitro benzene ring substituents is 1. The molecule has 1 saturated carbocycles. The first-order chi connectivity index (χ1) is 24.5. The molecule has 256 valence electrons. The lowest BCUT2D eigenvalue weighted by atomic mass is 9.49. The summed E-state index contributed by atoms with van der Waals surface area (Å²) in [4.78, 5) is 70.0. The van der Waals surface area contributed by atoms with Crippen LogP contribution in [-0.2, 0) is 24.6 Å². The lowest BCUT2D eigenvalue weighted by molar-refractivity contribution is -0.384. The molecule has 0 unspecified atom stereocenters. The van der Waals surface area contributed by atoms with Gasteiger partial charge in [0, 0.05) is 23.1 Å². The summed E-state index contributed by atoms with van der Waals surface area (Å²) in [6, 6.07) is 23.6. The highest BCUT2D eigenvalue weighted by atomic mass is 35.5. The van der Waals surface area contributed by atoms with E-state index in [0.29, 0.717) is 27.4 Å². The highest BCUT2D eigenvalue weighted by molar-refractivity contribution is 6.30. The first-order valence-corrected chi connectivity index (χ1v) is 16.7. The number of fused-ring (bicyclic) bond motifs is 4. The van der Waals surface area contributed by atoms with Crippen molar-refractivity contribution in [3.63, 3.8) is 0 Å². The Labute approximate surface area is 295 Å². The van der Waals surface area contributed by atoms with Gasteiger partial charge in [0.25, 0.3) is 17.5 Å². The fraction of sp³-hybridized carbons (Fsp3) is 0.211. The van der Waals surface area contributed by atoms with Crippen LogP contribution in [0.25, 0.3) is 0 Å². The topological polar surface area (TPSA) is 150 Å². The number of anilines is 2. The van der Waals surface area contributed by atoms with Crippen LogP contribution in [0.5, 0.6) is 5.75 Å². The standard InChI is InChI=1S/C38H28ClFN4O7/c39-22-8-6-21(7-9-22)38-31(35(47)43(37(38)49)41-24-12-10-23(40)11-13-24)19-30-28(33(38)20-4-14-27(45)15-5-20)16-17-29-32(30)36(48)42(34(29)46)25-2-1-3-26(18-25)44(50)51/h1-16,18,29-33,41,45H,17,19H2/t29-,30+,31-,32-,33-,38+/m0/s1. The maximum Gasteiger partial charge on any atom is 0.271 e. The largest absolute Gasteiger partial charge is 0.508 e. The first-order valence-electron chi connectivity index (χ1n) is 16.3. The van der Waals surface area contributed by atoms with E-state index in [2.05, 4.69) is 5.43 Å². The predicted octanol–water partition coefficient (Wildman–Crippen LogP) is 6.28. The van der Waals surface area contributed by atoms with Gasteiger partial charge in [-0.1, -0.05) is 53.6 Å². The second-order valence-electron chi connectivity index (χ2n) is 13.3. The number of phenols is 1. The minimum absolute atomic E-state index is 0.0153. The molecular formula is C38H28ClFN4O7. The van der Waals surface area contributed by atoms with E-state index in [-0.39, 0.29) is 30.0 Å². The van der Waals surface area contributed by atoms with Crippen LogP contribution in [0.2, 0.25) is 5.02 Å². The van der Waals surface area contributed by atoms with Crippen molar-refractivity contribution >= 4 is 52.3 Å². The second kappa shape index (κ2) is 11.9. The molecule has 4 aromatic carbocycles. The number of amides is 4. The number of rotatable bonds is 6. The maximum absolute atomic E-state index is 15.1. The van der Waals surface area contributed by atoms with Crippen LogP contribution in [0.1, 0.15) is 29.9 Å². The van der Waals surface area contributed by atoms with E-state index in [9.17, 15) is 34.0 Å². The minimum Gasteiger partial charge on any atom is -0.508 e. The first kappa shape index (κ1) is 32.3. The van der Waals surface area contributed by atoms with Crippen molar-refractivity contribution in [2.75, 3.05) is 10.3 Å². The summed E-state index contributed by atoms with van der Waals surface area (Å²) in [7, 11) is 0. The Bertz CT molecular complexity index is 2180. The van der Waals surface area contributed by atoms with Crippen LogP contribution in [0.4, 0.5) is 21.5 Å². The quantitative estimate of drug-likeness (QED) is 0.103. The van der Waals surface area contributed by atoms with Crippen LogP contribution in [0.15, 0.2) is 109 Å². The number of carbonyl (C=O) groups excluding carboxylic acids is 4. The Balaban J connectivity index is 1.30. The summed E-state index contributed by atoms with van der Waals surface area (Å²) >= 11 is 6.31. The summed E-state index contributed by atoms with van der Waals surface area (Å²) in [5.41, 5.74) is 3.23. The van der Waals surface area contributed by atoms with Crippen molar-refractivity contribution in [3.8, 4) is 5.75 Å². The molecule has 8 rings (SSSR count). The highest BCUT2D eigenvalue weighted by Crippen LogP contribution is 2.64. The zero-order valence-corrected chi connectivity index (χ0v) is 27.4. The van der Waals surface area contributed by atoms with Gasteiger partial charge in [-0.3, -0.25) is 34.7 Å². The minimum atomic E-state index is -1.56. The second-order valence-corrected chi connectivity index (χ2v) is 13.7. The van der Waals surface area contributed by atoms with E-state index >= 15 is 4.79 Å². The number of nitro groups is 1. The Morgan fingerprint density at radius 3 is 2.27 bits per heavy atom. The van der Waals surface area contributed by atoms with Gasteiger partial charge in [-0.15, -0.1) is 0 Å². The molecule has 11 nitrogen and oxygen atoms in total. The van der Waals surface area contributed by atoms with Crippen molar-refractivity contribution in [1.29, 1.82) is 0 Å². The van der Waals surface area contributed by atoms with Gasteiger partial charge in [0.1, 0.15) is 11.6 Å². The van der Waals surface area contributed by atoms with Crippen molar-refractivity contribution in [3.05, 3.63) is 141 Å². The summed E-state index contributed by atoms with van der Waals surface area (Å²) in [6.45, 7) is 0. The number of hydrazine groups is 1. The molecular weight excluding hydrogens is 679 g/mol. The molecule has 0 spiro atoms. The molecule has 2 heterocycles. The van der Waals surface area contributed by atoms with Gasteiger partial charge in [0.15, 0.2) is 0 Å². The van der Waals surface area contributed by atoms with Crippen LogP contribution in [-0.4, -0.2) is 38.7 Å².